The Morgan fingerprint density at radius 2 is 2.25 bits per heavy atom. The first-order chi connectivity index (χ1) is 7.58. The number of nitrogen functional groups attached to an aromatic ring is 1. The third-order valence-corrected chi connectivity index (χ3v) is 3.21. The van der Waals surface area contributed by atoms with Crippen LogP contribution in [0, 0.1) is 20.8 Å². The number of benzene rings is 1. The van der Waals surface area contributed by atoms with Crippen LogP contribution in [0.3, 0.4) is 0 Å². The molecule has 0 amide bonds. The maximum absolute atomic E-state index is 8.78. The minimum Gasteiger partial charge on any atom is -0.490 e. The van der Waals surface area contributed by atoms with Crippen LogP contribution in [0.2, 0.25) is 0 Å². The molecule has 0 fully saturated rings. The van der Waals surface area contributed by atoms with E-state index in [1.807, 2.05) is 0 Å². The van der Waals surface area contributed by atoms with E-state index in [1.165, 1.54) is 0 Å². The first-order valence-electron chi connectivity index (χ1n) is 5.20. The minimum atomic E-state index is 0.505. The molecule has 4 heteroatoms. The van der Waals surface area contributed by atoms with Gasteiger partial charge in [0.25, 0.3) is 0 Å². The predicted molar refractivity (Wildman–Crippen MR) is 73.2 cm³/mol. The van der Waals surface area contributed by atoms with Crippen LogP contribution < -0.4 is 10.5 Å². The van der Waals surface area contributed by atoms with Gasteiger partial charge in [0.15, 0.2) is 5.75 Å². The number of anilines is 1. The summed E-state index contributed by atoms with van der Waals surface area (Å²) >= 11 is 2.14. The fraction of sp³-hybridized carbons (Fsp3) is 0.417. The molecule has 0 aliphatic heterocycles. The largest absolute Gasteiger partial charge is 0.490 e. The summed E-state index contributed by atoms with van der Waals surface area (Å²) in [5.74, 6) is 1.20. The Labute approximate surface area is 110 Å². The van der Waals surface area contributed by atoms with E-state index in [4.69, 9.17) is 15.7 Å². The molecule has 1 aromatic rings. The van der Waals surface area contributed by atoms with Crippen LogP contribution >= 0.6 is 22.6 Å². The topological polar surface area (TPSA) is 59.0 Å². The summed E-state index contributed by atoms with van der Waals surface area (Å²) in [7, 11) is 0. The van der Waals surface area contributed by atoms with E-state index in [0.29, 0.717) is 29.5 Å². The Hall–Kier alpha value is -0.960. The zero-order valence-corrected chi connectivity index (χ0v) is 11.6. The van der Waals surface area contributed by atoms with Crippen LogP contribution in [0.1, 0.15) is 25.8 Å². The second-order valence-electron chi connectivity index (χ2n) is 3.81. The smallest absolute Gasteiger partial charge is 0.155 e. The fourth-order valence-corrected chi connectivity index (χ4v) is 1.98. The summed E-state index contributed by atoms with van der Waals surface area (Å²) in [4.78, 5) is 0. The number of halogens is 1. The van der Waals surface area contributed by atoms with Gasteiger partial charge in [-0.2, -0.15) is 5.26 Å². The Morgan fingerprint density at radius 3 is 2.75 bits per heavy atom. The van der Waals surface area contributed by atoms with Gasteiger partial charge in [0, 0.05) is 0 Å². The number of nitriles is 1. The molecule has 0 radical (unpaired) electrons. The maximum Gasteiger partial charge on any atom is 0.155 e. The van der Waals surface area contributed by atoms with E-state index in [1.54, 1.807) is 12.1 Å². The lowest BCUT2D eigenvalue weighted by Crippen LogP contribution is -2.09. The maximum atomic E-state index is 8.78. The van der Waals surface area contributed by atoms with E-state index in [0.717, 1.165) is 9.99 Å². The molecule has 2 N–H and O–H groups in total. The molecule has 0 spiro atoms. The number of ether oxygens (including phenoxy) is 1. The highest BCUT2D eigenvalue weighted by Gasteiger charge is 2.09. The molecule has 0 saturated heterocycles. The van der Waals surface area contributed by atoms with Crippen LogP contribution in [0.15, 0.2) is 12.1 Å². The van der Waals surface area contributed by atoms with Crippen LogP contribution in [-0.2, 0) is 0 Å². The normalized spacial score (nSPS) is 11.9. The number of rotatable bonds is 4. The quantitative estimate of drug-likeness (QED) is 0.681. The average Bonchev–Trinajstić information content (AvgIpc) is 2.27. The lowest BCUT2D eigenvalue weighted by Gasteiger charge is -2.14. The molecular formula is C12H15IN2O. The highest BCUT2D eigenvalue weighted by atomic mass is 127. The SMILES string of the molecule is CCC(C)COc1c(N)cc(C#N)cc1I. The summed E-state index contributed by atoms with van der Waals surface area (Å²) in [5, 5.41) is 8.78. The molecule has 0 aliphatic rings. The lowest BCUT2D eigenvalue weighted by molar-refractivity contribution is 0.256. The molecule has 0 bridgehead atoms. The van der Waals surface area contributed by atoms with Crippen molar-refractivity contribution in [2.24, 2.45) is 5.92 Å². The third kappa shape index (κ3) is 3.27. The van der Waals surface area contributed by atoms with Crippen molar-refractivity contribution in [2.45, 2.75) is 20.3 Å². The van der Waals surface area contributed by atoms with Gasteiger partial charge in [-0.05, 0) is 40.6 Å². The molecule has 1 atom stereocenters. The molecule has 0 aliphatic carbocycles. The molecule has 1 unspecified atom stereocenters. The Kier molecular flexibility index (Phi) is 4.87. The number of hydrogen-bond acceptors (Lipinski definition) is 3. The van der Waals surface area contributed by atoms with Crippen LogP contribution in [0.5, 0.6) is 5.75 Å². The molecule has 0 aromatic heterocycles. The van der Waals surface area contributed by atoms with E-state index >= 15 is 0 Å². The van der Waals surface area contributed by atoms with Gasteiger partial charge in [-0.25, -0.2) is 0 Å². The number of hydrogen-bond donors (Lipinski definition) is 1. The first-order valence-corrected chi connectivity index (χ1v) is 6.28. The molecule has 16 heavy (non-hydrogen) atoms. The van der Waals surface area contributed by atoms with Gasteiger partial charge in [0.1, 0.15) is 0 Å². The summed E-state index contributed by atoms with van der Waals surface area (Å²) < 4.78 is 6.56. The van der Waals surface area contributed by atoms with Crippen molar-refractivity contribution < 1.29 is 4.74 Å². The zero-order chi connectivity index (χ0) is 12.1. The van der Waals surface area contributed by atoms with Gasteiger partial charge in [0.2, 0.25) is 0 Å². The third-order valence-electron chi connectivity index (χ3n) is 2.41. The van der Waals surface area contributed by atoms with Crippen LogP contribution in [0.4, 0.5) is 5.69 Å². The van der Waals surface area contributed by atoms with Gasteiger partial charge >= 0.3 is 0 Å². The monoisotopic (exact) mass is 330 g/mol. The molecule has 1 rings (SSSR count). The molecule has 0 heterocycles. The Morgan fingerprint density at radius 1 is 1.56 bits per heavy atom. The second kappa shape index (κ2) is 5.94. The molecular weight excluding hydrogens is 315 g/mol. The minimum absolute atomic E-state index is 0.505. The van der Waals surface area contributed by atoms with Gasteiger partial charge in [-0.1, -0.05) is 20.3 Å². The summed E-state index contributed by atoms with van der Waals surface area (Å²) in [6.45, 7) is 4.91. The highest BCUT2D eigenvalue weighted by Crippen LogP contribution is 2.30. The van der Waals surface area contributed by atoms with Gasteiger partial charge < -0.3 is 10.5 Å². The van der Waals surface area contributed by atoms with Gasteiger partial charge in [-0.15, -0.1) is 0 Å². The van der Waals surface area contributed by atoms with Crippen molar-refractivity contribution in [3.8, 4) is 11.8 Å². The van der Waals surface area contributed by atoms with Crippen molar-refractivity contribution >= 4 is 28.3 Å². The van der Waals surface area contributed by atoms with Gasteiger partial charge in [-0.3, -0.25) is 0 Å². The second-order valence-corrected chi connectivity index (χ2v) is 4.97. The van der Waals surface area contributed by atoms with E-state index in [2.05, 4.69) is 42.5 Å². The Bertz CT molecular complexity index is 389. The Balaban J connectivity index is 2.85. The van der Waals surface area contributed by atoms with Crippen molar-refractivity contribution in [1.29, 1.82) is 5.26 Å². The van der Waals surface area contributed by atoms with Crippen LogP contribution in [-0.4, -0.2) is 6.61 Å². The van der Waals surface area contributed by atoms with Gasteiger partial charge in [0.05, 0.1) is 27.5 Å². The first kappa shape index (κ1) is 13.1. The highest BCUT2D eigenvalue weighted by molar-refractivity contribution is 14.1. The van der Waals surface area contributed by atoms with Crippen molar-refractivity contribution in [3.05, 3.63) is 21.3 Å². The molecule has 1 aromatic carbocycles. The number of nitrogens with two attached hydrogens (primary N) is 1. The zero-order valence-electron chi connectivity index (χ0n) is 9.46. The molecule has 0 saturated carbocycles. The summed E-state index contributed by atoms with van der Waals surface area (Å²) in [5.41, 5.74) is 6.95. The molecule has 86 valence electrons. The van der Waals surface area contributed by atoms with E-state index in [9.17, 15) is 0 Å². The lowest BCUT2D eigenvalue weighted by atomic mass is 10.1. The van der Waals surface area contributed by atoms with Crippen molar-refractivity contribution in [1.82, 2.24) is 0 Å². The van der Waals surface area contributed by atoms with E-state index in [-0.39, 0.29) is 0 Å². The summed E-state index contributed by atoms with van der Waals surface area (Å²) in [6, 6.07) is 5.50. The van der Waals surface area contributed by atoms with E-state index < -0.39 is 0 Å². The molecule has 3 nitrogen and oxygen atoms in total. The van der Waals surface area contributed by atoms with Crippen molar-refractivity contribution in [3.63, 3.8) is 0 Å². The number of nitrogens with zero attached hydrogens (tertiary/aromatic N) is 1. The summed E-state index contributed by atoms with van der Waals surface area (Å²) in [6.07, 6.45) is 1.08. The average molecular weight is 330 g/mol. The standard InChI is InChI=1S/C12H15IN2O/c1-3-8(2)7-16-12-10(13)4-9(6-14)5-11(12)15/h4-5,8H,3,7,15H2,1-2H3. The predicted octanol–water partition coefficient (Wildman–Crippen LogP) is 3.17. The van der Waals surface area contributed by atoms with Crippen LogP contribution in [0.25, 0.3) is 0 Å². The van der Waals surface area contributed by atoms with Crippen molar-refractivity contribution in [2.75, 3.05) is 12.3 Å². The fourth-order valence-electron chi connectivity index (χ4n) is 1.17.